The summed E-state index contributed by atoms with van der Waals surface area (Å²) in [6, 6.07) is 17.2. The van der Waals surface area contributed by atoms with Gasteiger partial charge in [-0.05, 0) is 79.4 Å². The molecule has 1 saturated heterocycles. The average molecular weight is 529 g/mol. The van der Waals surface area contributed by atoms with E-state index in [1.807, 2.05) is 39.0 Å². The lowest BCUT2D eigenvalue weighted by Crippen LogP contribution is -2.29. The number of aliphatic hydroxyl groups excluding tert-OH is 1. The van der Waals surface area contributed by atoms with Gasteiger partial charge in [-0.15, -0.1) is 0 Å². The van der Waals surface area contributed by atoms with Gasteiger partial charge in [0, 0.05) is 5.56 Å². The third-order valence-corrected chi connectivity index (χ3v) is 7.48. The number of hydrogen-bond acceptors (Lipinski definition) is 7. The van der Waals surface area contributed by atoms with Gasteiger partial charge in [-0.3, -0.25) is 14.5 Å². The number of aliphatic hydroxyl groups is 1. The van der Waals surface area contributed by atoms with Crippen molar-refractivity contribution in [1.82, 2.24) is 4.98 Å². The van der Waals surface area contributed by atoms with Gasteiger partial charge in [0.25, 0.3) is 5.78 Å². The maximum absolute atomic E-state index is 13.5. The maximum atomic E-state index is 13.5. The molecule has 4 aromatic rings. The lowest BCUT2D eigenvalue weighted by Gasteiger charge is -2.23. The monoisotopic (exact) mass is 528 g/mol. The molecule has 8 heteroatoms. The van der Waals surface area contributed by atoms with Gasteiger partial charge < -0.3 is 14.6 Å². The van der Waals surface area contributed by atoms with Gasteiger partial charge in [0.05, 0.1) is 35.5 Å². The highest BCUT2D eigenvalue weighted by Gasteiger charge is 2.48. The Morgan fingerprint density at radius 2 is 1.82 bits per heavy atom. The highest BCUT2D eigenvalue weighted by molar-refractivity contribution is 7.22. The van der Waals surface area contributed by atoms with Crippen molar-refractivity contribution in [1.29, 1.82) is 0 Å². The van der Waals surface area contributed by atoms with Crippen LogP contribution in [0.15, 0.2) is 66.2 Å². The van der Waals surface area contributed by atoms with Gasteiger partial charge in [-0.2, -0.15) is 0 Å². The Morgan fingerprint density at radius 1 is 1.05 bits per heavy atom. The van der Waals surface area contributed by atoms with Crippen molar-refractivity contribution in [3.8, 4) is 11.5 Å². The zero-order chi connectivity index (χ0) is 27.0. The number of ketones is 1. The second kappa shape index (κ2) is 10.3. The molecule has 194 valence electrons. The first-order valence-electron chi connectivity index (χ1n) is 12.4. The van der Waals surface area contributed by atoms with Crippen LogP contribution in [-0.2, 0) is 9.59 Å². The number of carbonyl (C=O) groups is 2. The molecular formula is C30H28N2O5S. The van der Waals surface area contributed by atoms with E-state index >= 15 is 0 Å². The minimum Gasteiger partial charge on any atom is -0.507 e. The largest absolute Gasteiger partial charge is 0.507 e. The summed E-state index contributed by atoms with van der Waals surface area (Å²) in [5.41, 5.74) is 3.89. The number of amides is 1. The van der Waals surface area contributed by atoms with Crippen LogP contribution in [0, 0.1) is 13.8 Å². The van der Waals surface area contributed by atoms with E-state index in [0.29, 0.717) is 34.4 Å². The predicted octanol–water partition coefficient (Wildman–Crippen LogP) is 6.34. The summed E-state index contributed by atoms with van der Waals surface area (Å²) >= 11 is 1.35. The fraction of sp³-hybridized carbons (Fsp3) is 0.233. The van der Waals surface area contributed by atoms with E-state index in [4.69, 9.17) is 14.5 Å². The minimum atomic E-state index is -0.886. The first kappa shape index (κ1) is 25.5. The van der Waals surface area contributed by atoms with Crippen molar-refractivity contribution in [2.75, 3.05) is 18.6 Å². The molecule has 0 aliphatic carbocycles. The lowest BCUT2D eigenvalue weighted by atomic mass is 9.95. The van der Waals surface area contributed by atoms with Gasteiger partial charge in [0.2, 0.25) is 0 Å². The summed E-state index contributed by atoms with van der Waals surface area (Å²) < 4.78 is 12.0. The molecule has 7 nitrogen and oxygen atoms in total. The molecule has 2 heterocycles. The van der Waals surface area contributed by atoms with E-state index in [2.05, 4.69) is 0 Å². The molecule has 3 aromatic carbocycles. The third-order valence-electron chi connectivity index (χ3n) is 6.48. The number of aromatic nitrogens is 1. The molecule has 1 aromatic heterocycles. The molecule has 0 spiro atoms. The van der Waals surface area contributed by atoms with Crippen LogP contribution >= 0.6 is 11.3 Å². The average Bonchev–Trinajstić information content (AvgIpc) is 3.45. The molecule has 0 radical (unpaired) electrons. The Hall–Kier alpha value is -4.17. The Labute approximate surface area is 225 Å². The number of rotatable bonds is 7. The molecule has 1 fully saturated rings. The number of thiazole rings is 1. The van der Waals surface area contributed by atoms with Gasteiger partial charge in [-0.1, -0.05) is 36.5 Å². The third kappa shape index (κ3) is 4.52. The van der Waals surface area contributed by atoms with Crippen LogP contribution in [0.5, 0.6) is 11.5 Å². The van der Waals surface area contributed by atoms with Crippen LogP contribution in [0.4, 0.5) is 5.13 Å². The van der Waals surface area contributed by atoms with Crippen molar-refractivity contribution in [2.45, 2.75) is 33.2 Å². The zero-order valence-electron chi connectivity index (χ0n) is 21.6. The summed E-state index contributed by atoms with van der Waals surface area (Å²) in [7, 11) is 1.55. The van der Waals surface area contributed by atoms with Crippen LogP contribution in [0.25, 0.3) is 16.0 Å². The van der Waals surface area contributed by atoms with Gasteiger partial charge >= 0.3 is 5.91 Å². The number of anilines is 1. The standard InChI is InChI=1S/C30H28N2O5S/c1-5-13-37-21-11-9-19(10-12-21)27(33)24-26(20-7-6-8-22(16-20)36-4)32(29(35)28(24)34)30-31-25-18(3)14-17(2)15-23(25)38-30/h6-12,14-16,26,33H,5,13H2,1-4H3/b27-24+. The quantitative estimate of drug-likeness (QED) is 0.171. The molecule has 38 heavy (non-hydrogen) atoms. The number of benzene rings is 3. The Balaban J connectivity index is 1.68. The molecule has 0 bridgehead atoms. The second-order valence-corrected chi connectivity index (χ2v) is 10.3. The van der Waals surface area contributed by atoms with Crippen LogP contribution in [0.3, 0.4) is 0 Å². The van der Waals surface area contributed by atoms with E-state index < -0.39 is 17.7 Å². The fourth-order valence-electron chi connectivity index (χ4n) is 4.70. The van der Waals surface area contributed by atoms with Crippen molar-refractivity contribution < 1.29 is 24.2 Å². The fourth-order valence-corrected chi connectivity index (χ4v) is 5.87. The second-order valence-electron chi connectivity index (χ2n) is 9.24. The summed E-state index contributed by atoms with van der Waals surface area (Å²) in [5, 5.41) is 11.8. The van der Waals surface area contributed by atoms with E-state index in [-0.39, 0.29) is 11.3 Å². The number of Topliss-reactive ketones (excluding diaryl/α,β-unsaturated/α-hetero) is 1. The van der Waals surface area contributed by atoms with Crippen molar-refractivity contribution in [2.24, 2.45) is 0 Å². The highest BCUT2D eigenvalue weighted by atomic mass is 32.1. The summed E-state index contributed by atoms with van der Waals surface area (Å²) in [6.45, 7) is 6.58. The van der Waals surface area contributed by atoms with Crippen molar-refractivity contribution in [3.63, 3.8) is 0 Å². The number of methoxy groups -OCH3 is 1. The van der Waals surface area contributed by atoms with Crippen LogP contribution < -0.4 is 14.4 Å². The number of aryl methyl sites for hydroxylation is 2. The number of nitrogens with zero attached hydrogens (tertiary/aromatic N) is 2. The Morgan fingerprint density at radius 3 is 2.53 bits per heavy atom. The molecule has 1 aliphatic heterocycles. The van der Waals surface area contributed by atoms with Crippen LogP contribution in [0.1, 0.15) is 41.6 Å². The normalized spacial score (nSPS) is 16.8. The molecule has 1 N–H and O–H groups in total. The molecule has 0 saturated carbocycles. The van der Waals surface area contributed by atoms with E-state index in [1.165, 1.54) is 16.2 Å². The predicted molar refractivity (Wildman–Crippen MR) is 149 cm³/mol. The minimum absolute atomic E-state index is 0.00219. The number of hydrogen-bond donors (Lipinski definition) is 1. The lowest BCUT2D eigenvalue weighted by molar-refractivity contribution is -0.132. The zero-order valence-corrected chi connectivity index (χ0v) is 22.5. The van der Waals surface area contributed by atoms with E-state index in [0.717, 1.165) is 27.8 Å². The first-order valence-corrected chi connectivity index (χ1v) is 13.2. The Bertz CT molecular complexity index is 1570. The highest BCUT2D eigenvalue weighted by Crippen LogP contribution is 2.45. The number of carbonyl (C=O) groups excluding carboxylic acids is 2. The topological polar surface area (TPSA) is 89.0 Å². The Kier molecular flexibility index (Phi) is 6.91. The van der Waals surface area contributed by atoms with E-state index in [9.17, 15) is 14.7 Å². The van der Waals surface area contributed by atoms with Crippen molar-refractivity contribution >= 4 is 44.1 Å². The van der Waals surface area contributed by atoms with E-state index in [1.54, 1.807) is 49.6 Å². The first-order chi connectivity index (χ1) is 18.3. The smallest absolute Gasteiger partial charge is 0.301 e. The molecule has 1 atom stereocenters. The number of fused-ring (bicyclic) bond motifs is 1. The van der Waals surface area contributed by atoms with Crippen molar-refractivity contribution in [3.05, 3.63) is 88.5 Å². The van der Waals surface area contributed by atoms with Gasteiger partial charge in [-0.25, -0.2) is 4.98 Å². The van der Waals surface area contributed by atoms with Gasteiger partial charge in [0.15, 0.2) is 5.13 Å². The van der Waals surface area contributed by atoms with Crippen LogP contribution in [-0.4, -0.2) is 35.5 Å². The SMILES string of the molecule is CCCOc1ccc(/C(O)=C2\C(=O)C(=O)N(c3nc4c(C)cc(C)cc4s3)C2c2cccc(OC)c2)cc1. The molecule has 5 rings (SSSR count). The number of ether oxygens (including phenoxy) is 2. The van der Waals surface area contributed by atoms with Crippen LogP contribution in [0.2, 0.25) is 0 Å². The molecule has 1 unspecified atom stereocenters. The molecular weight excluding hydrogens is 500 g/mol. The molecule has 1 aliphatic rings. The summed E-state index contributed by atoms with van der Waals surface area (Å²) in [5.74, 6) is -0.534. The molecule has 1 amide bonds. The van der Waals surface area contributed by atoms with Gasteiger partial charge in [0.1, 0.15) is 17.3 Å². The maximum Gasteiger partial charge on any atom is 0.301 e. The summed E-state index contributed by atoms with van der Waals surface area (Å²) in [4.78, 5) is 33.2. The summed E-state index contributed by atoms with van der Waals surface area (Å²) in [6.07, 6.45) is 0.872.